The summed E-state index contributed by atoms with van der Waals surface area (Å²) in [4.78, 5) is 8.44. The van der Waals surface area contributed by atoms with Crippen molar-refractivity contribution < 1.29 is 4.52 Å². The summed E-state index contributed by atoms with van der Waals surface area (Å²) in [5.74, 6) is 1.32. The monoisotopic (exact) mass is 238 g/mol. The molecule has 16 heavy (non-hydrogen) atoms. The van der Waals surface area contributed by atoms with Crippen LogP contribution in [0.1, 0.15) is 36.8 Å². The molecular weight excluding hydrogens is 224 g/mol. The lowest BCUT2D eigenvalue weighted by molar-refractivity contribution is 0.374. The van der Waals surface area contributed by atoms with Crippen LogP contribution in [-0.4, -0.2) is 15.1 Å². The Balaban J connectivity index is 1.96. The predicted molar refractivity (Wildman–Crippen MR) is 61.0 cm³/mol. The Hall–Kier alpha value is -1.27. The molecular formula is C10H14N4OS. The first-order valence-electron chi connectivity index (χ1n) is 5.20. The topological polar surface area (TPSA) is 63.8 Å². The van der Waals surface area contributed by atoms with Crippen LogP contribution in [0.5, 0.6) is 0 Å². The molecule has 2 aromatic heterocycles. The standard InChI is InChI=1S/C10H14N4OS/c1-3-9(10-13-7(2)15-14-10)11-4-8-5-16-6-12-8/h5-6,9,11H,3-4H2,1-2H3. The minimum atomic E-state index is 0.124. The largest absolute Gasteiger partial charge is 0.340 e. The van der Waals surface area contributed by atoms with Gasteiger partial charge in [0.05, 0.1) is 17.2 Å². The molecule has 0 spiro atoms. The lowest BCUT2D eigenvalue weighted by Crippen LogP contribution is -2.21. The van der Waals surface area contributed by atoms with Crippen LogP contribution in [0.3, 0.4) is 0 Å². The van der Waals surface area contributed by atoms with Crippen LogP contribution in [0.4, 0.5) is 0 Å². The summed E-state index contributed by atoms with van der Waals surface area (Å²) in [5.41, 5.74) is 2.87. The Kier molecular flexibility index (Phi) is 3.63. The number of aromatic nitrogens is 3. The van der Waals surface area contributed by atoms with Gasteiger partial charge < -0.3 is 9.84 Å². The van der Waals surface area contributed by atoms with Crippen molar-refractivity contribution in [2.45, 2.75) is 32.9 Å². The highest BCUT2D eigenvalue weighted by Crippen LogP contribution is 2.13. The van der Waals surface area contributed by atoms with Gasteiger partial charge in [-0.05, 0) is 6.42 Å². The van der Waals surface area contributed by atoms with Gasteiger partial charge in [0.25, 0.3) is 0 Å². The van der Waals surface area contributed by atoms with Gasteiger partial charge in [0.2, 0.25) is 5.89 Å². The summed E-state index contributed by atoms with van der Waals surface area (Å²) < 4.78 is 4.97. The van der Waals surface area contributed by atoms with Crippen molar-refractivity contribution in [2.24, 2.45) is 0 Å². The third-order valence-corrected chi connectivity index (χ3v) is 2.91. The van der Waals surface area contributed by atoms with E-state index in [9.17, 15) is 0 Å². The fourth-order valence-electron chi connectivity index (χ4n) is 1.43. The molecule has 0 aliphatic heterocycles. The van der Waals surface area contributed by atoms with E-state index in [0.29, 0.717) is 5.89 Å². The maximum atomic E-state index is 4.97. The van der Waals surface area contributed by atoms with Crippen LogP contribution in [-0.2, 0) is 6.54 Å². The Morgan fingerprint density at radius 1 is 1.56 bits per heavy atom. The first kappa shape index (κ1) is 11.2. The average molecular weight is 238 g/mol. The highest BCUT2D eigenvalue weighted by molar-refractivity contribution is 7.07. The molecule has 2 aromatic rings. The normalized spacial score (nSPS) is 12.9. The van der Waals surface area contributed by atoms with E-state index in [1.54, 1.807) is 18.3 Å². The molecule has 1 unspecified atom stereocenters. The Morgan fingerprint density at radius 3 is 3.00 bits per heavy atom. The van der Waals surface area contributed by atoms with Crippen LogP contribution >= 0.6 is 11.3 Å². The zero-order chi connectivity index (χ0) is 11.4. The van der Waals surface area contributed by atoms with Crippen LogP contribution in [0.25, 0.3) is 0 Å². The molecule has 1 atom stereocenters. The van der Waals surface area contributed by atoms with E-state index in [4.69, 9.17) is 4.52 Å². The van der Waals surface area contributed by atoms with Crippen molar-refractivity contribution in [3.63, 3.8) is 0 Å². The number of rotatable bonds is 5. The van der Waals surface area contributed by atoms with E-state index < -0.39 is 0 Å². The minimum Gasteiger partial charge on any atom is -0.340 e. The molecule has 2 heterocycles. The van der Waals surface area contributed by atoms with Crippen LogP contribution in [0.2, 0.25) is 0 Å². The number of thiazole rings is 1. The molecule has 0 aliphatic rings. The fourth-order valence-corrected chi connectivity index (χ4v) is 1.99. The quantitative estimate of drug-likeness (QED) is 0.864. The molecule has 2 rings (SSSR count). The minimum absolute atomic E-state index is 0.124. The molecule has 0 aromatic carbocycles. The summed E-state index contributed by atoms with van der Waals surface area (Å²) in [7, 11) is 0. The third-order valence-electron chi connectivity index (χ3n) is 2.28. The first-order chi connectivity index (χ1) is 7.79. The summed E-state index contributed by atoms with van der Waals surface area (Å²) in [5, 5.41) is 9.31. The van der Waals surface area contributed by atoms with Crippen molar-refractivity contribution in [1.82, 2.24) is 20.4 Å². The van der Waals surface area contributed by atoms with E-state index in [1.165, 1.54) is 0 Å². The molecule has 0 radical (unpaired) electrons. The predicted octanol–water partition coefficient (Wildman–Crippen LogP) is 2.08. The molecule has 0 saturated carbocycles. The third kappa shape index (κ3) is 2.65. The lowest BCUT2D eigenvalue weighted by atomic mass is 10.2. The molecule has 1 N–H and O–H groups in total. The van der Waals surface area contributed by atoms with Gasteiger partial charge in [-0.25, -0.2) is 4.98 Å². The van der Waals surface area contributed by atoms with Crippen molar-refractivity contribution >= 4 is 11.3 Å². The number of aryl methyl sites for hydroxylation is 1. The van der Waals surface area contributed by atoms with Crippen molar-refractivity contribution in [1.29, 1.82) is 0 Å². The molecule has 0 saturated heterocycles. The second-order valence-electron chi connectivity index (χ2n) is 3.49. The van der Waals surface area contributed by atoms with E-state index in [1.807, 2.05) is 10.9 Å². The van der Waals surface area contributed by atoms with Crippen LogP contribution in [0, 0.1) is 6.92 Å². The van der Waals surface area contributed by atoms with Gasteiger partial charge in [0.15, 0.2) is 5.82 Å². The maximum absolute atomic E-state index is 4.97. The zero-order valence-corrected chi connectivity index (χ0v) is 10.1. The second-order valence-corrected chi connectivity index (χ2v) is 4.21. The average Bonchev–Trinajstić information content (AvgIpc) is 2.91. The first-order valence-corrected chi connectivity index (χ1v) is 6.14. The van der Waals surface area contributed by atoms with Gasteiger partial charge in [-0.2, -0.15) is 4.98 Å². The van der Waals surface area contributed by atoms with E-state index >= 15 is 0 Å². The summed E-state index contributed by atoms with van der Waals surface area (Å²) in [6.45, 7) is 4.61. The molecule has 0 fully saturated rings. The molecule has 86 valence electrons. The SMILES string of the molecule is CCC(NCc1cscn1)c1noc(C)n1. The maximum Gasteiger partial charge on any atom is 0.223 e. The number of nitrogens with zero attached hydrogens (tertiary/aromatic N) is 3. The van der Waals surface area contributed by atoms with Gasteiger partial charge in [-0.15, -0.1) is 11.3 Å². The van der Waals surface area contributed by atoms with E-state index in [2.05, 4.69) is 27.4 Å². The van der Waals surface area contributed by atoms with Gasteiger partial charge in [-0.1, -0.05) is 12.1 Å². The lowest BCUT2D eigenvalue weighted by Gasteiger charge is -2.11. The van der Waals surface area contributed by atoms with Crippen LogP contribution < -0.4 is 5.32 Å². The van der Waals surface area contributed by atoms with Crippen molar-refractivity contribution in [2.75, 3.05) is 0 Å². The summed E-state index contributed by atoms with van der Waals surface area (Å²) >= 11 is 1.60. The Labute approximate surface area is 97.9 Å². The second kappa shape index (κ2) is 5.18. The number of nitrogens with one attached hydrogen (secondary N) is 1. The van der Waals surface area contributed by atoms with Crippen molar-refractivity contribution in [3.8, 4) is 0 Å². The van der Waals surface area contributed by atoms with Gasteiger partial charge in [-0.3, -0.25) is 0 Å². The summed E-state index contributed by atoms with van der Waals surface area (Å²) in [6, 6.07) is 0.124. The summed E-state index contributed by atoms with van der Waals surface area (Å²) in [6.07, 6.45) is 0.920. The molecule has 0 bridgehead atoms. The van der Waals surface area contributed by atoms with E-state index in [0.717, 1.165) is 24.5 Å². The van der Waals surface area contributed by atoms with E-state index in [-0.39, 0.29) is 6.04 Å². The molecule has 5 nitrogen and oxygen atoms in total. The van der Waals surface area contributed by atoms with Crippen LogP contribution in [0.15, 0.2) is 15.4 Å². The number of hydrogen-bond acceptors (Lipinski definition) is 6. The highest BCUT2D eigenvalue weighted by Gasteiger charge is 2.14. The molecule has 0 amide bonds. The smallest absolute Gasteiger partial charge is 0.223 e. The van der Waals surface area contributed by atoms with Gasteiger partial charge >= 0.3 is 0 Å². The fraction of sp³-hybridized carbons (Fsp3) is 0.500. The zero-order valence-electron chi connectivity index (χ0n) is 9.30. The van der Waals surface area contributed by atoms with Gasteiger partial charge in [0, 0.05) is 18.8 Å². The Bertz CT molecular complexity index is 426. The highest BCUT2D eigenvalue weighted by atomic mass is 32.1. The Morgan fingerprint density at radius 2 is 2.44 bits per heavy atom. The molecule has 6 heteroatoms. The van der Waals surface area contributed by atoms with Crippen molar-refractivity contribution in [3.05, 3.63) is 28.3 Å². The molecule has 0 aliphatic carbocycles. The number of hydrogen-bond donors (Lipinski definition) is 1. The van der Waals surface area contributed by atoms with Gasteiger partial charge in [0.1, 0.15) is 0 Å².